The van der Waals surface area contributed by atoms with Gasteiger partial charge >= 0.3 is 5.97 Å². The van der Waals surface area contributed by atoms with E-state index in [2.05, 4.69) is 15.1 Å². The second kappa shape index (κ2) is 5.27. The van der Waals surface area contributed by atoms with Crippen molar-refractivity contribution in [2.24, 2.45) is 5.92 Å². The van der Waals surface area contributed by atoms with Crippen molar-refractivity contribution < 1.29 is 9.53 Å². The molecule has 0 bridgehead atoms. The Morgan fingerprint density at radius 1 is 1.59 bits per heavy atom. The number of hydrogen-bond acceptors (Lipinski definition) is 5. The number of carbonyl (C=O) groups excluding carboxylic acids is 1. The van der Waals surface area contributed by atoms with E-state index in [1.54, 1.807) is 6.33 Å². The lowest BCUT2D eigenvalue weighted by Gasteiger charge is -2.28. The monoisotopic (exact) mass is 238 g/mol. The first-order valence-electron chi connectivity index (χ1n) is 5.96. The van der Waals surface area contributed by atoms with Gasteiger partial charge in [0.25, 0.3) is 0 Å². The highest BCUT2D eigenvalue weighted by atomic mass is 16.5. The summed E-state index contributed by atoms with van der Waals surface area (Å²) in [5.74, 6) is 0.747. The van der Waals surface area contributed by atoms with Gasteiger partial charge in [0.1, 0.15) is 12.2 Å². The quantitative estimate of drug-likeness (QED) is 0.706. The number of aromatic nitrogens is 3. The van der Waals surface area contributed by atoms with Gasteiger partial charge in [-0.3, -0.25) is 9.69 Å². The standard InChI is InChI=1S/C11H18N4O2/c1-3-17-11(16)9(2)6-14-4-5-15-8-12-13-10(15)7-14/h8-9H,3-7H2,1-2H3. The van der Waals surface area contributed by atoms with Crippen LogP contribution in [-0.2, 0) is 22.6 Å². The Labute approximate surface area is 101 Å². The molecule has 0 saturated carbocycles. The highest BCUT2D eigenvalue weighted by Gasteiger charge is 2.22. The maximum atomic E-state index is 11.5. The van der Waals surface area contributed by atoms with Gasteiger partial charge in [0.2, 0.25) is 0 Å². The van der Waals surface area contributed by atoms with Gasteiger partial charge in [0.15, 0.2) is 0 Å². The smallest absolute Gasteiger partial charge is 0.309 e. The Hall–Kier alpha value is -1.43. The summed E-state index contributed by atoms with van der Waals surface area (Å²) in [5.41, 5.74) is 0. The summed E-state index contributed by atoms with van der Waals surface area (Å²) in [7, 11) is 0. The summed E-state index contributed by atoms with van der Waals surface area (Å²) in [4.78, 5) is 13.7. The molecule has 0 N–H and O–H groups in total. The average molecular weight is 238 g/mol. The lowest BCUT2D eigenvalue weighted by atomic mass is 10.1. The third-order valence-corrected chi connectivity index (χ3v) is 2.94. The first-order valence-corrected chi connectivity index (χ1v) is 5.96. The Morgan fingerprint density at radius 2 is 2.41 bits per heavy atom. The zero-order valence-electron chi connectivity index (χ0n) is 10.3. The number of esters is 1. The molecule has 1 unspecified atom stereocenters. The van der Waals surface area contributed by atoms with E-state index in [0.717, 1.165) is 25.5 Å². The first-order chi connectivity index (χ1) is 8.20. The number of nitrogens with zero attached hydrogens (tertiary/aromatic N) is 4. The predicted molar refractivity (Wildman–Crippen MR) is 61.1 cm³/mol. The van der Waals surface area contributed by atoms with Crippen LogP contribution in [0.1, 0.15) is 19.7 Å². The van der Waals surface area contributed by atoms with Gasteiger partial charge < -0.3 is 9.30 Å². The molecule has 1 aliphatic heterocycles. The Morgan fingerprint density at radius 3 is 3.18 bits per heavy atom. The van der Waals surface area contributed by atoms with E-state index in [1.165, 1.54) is 0 Å². The van der Waals surface area contributed by atoms with Crippen LogP contribution >= 0.6 is 0 Å². The van der Waals surface area contributed by atoms with Gasteiger partial charge in [-0.25, -0.2) is 0 Å². The number of fused-ring (bicyclic) bond motifs is 1. The number of ether oxygens (including phenoxy) is 1. The zero-order valence-corrected chi connectivity index (χ0v) is 10.3. The van der Waals surface area contributed by atoms with Crippen molar-refractivity contribution in [2.75, 3.05) is 19.7 Å². The molecule has 1 aromatic heterocycles. The van der Waals surface area contributed by atoms with E-state index in [4.69, 9.17) is 4.74 Å². The molecular weight excluding hydrogens is 220 g/mol. The van der Waals surface area contributed by atoms with Crippen molar-refractivity contribution in [3.63, 3.8) is 0 Å². The molecule has 2 heterocycles. The highest BCUT2D eigenvalue weighted by molar-refractivity contribution is 5.72. The second-order valence-corrected chi connectivity index (χ2v) is 4.33. The molecule has 17 heavy (non-hydrogen) atoms. The maximum absolute atomic E-state index is 11.5. The average Bonchev–Trinajstić information content (AvgIpc) is 2.76. The molecule has 2 rings (SSSR count). The van der Waals surface area contributed by atoms with Crippen LogP contribution in [0.3, 0.4) is 0 Å². The molecule has 6 heteroatoms. The molecule has 1 aliphatic rings. The molecule has 94 valence electrons. The van der Waals surface area contributed by atoms with Gasteiger partial charge in [-0.1, -0.05) is 6.92 Å². The predicted octanol–water partition coefficient (Wildman–Crippen LogP) is 0.293. The Bertz CT molecular complexity index is 391. The summed E-state index contributed by atoms with van der Waals surface area (Å²) in [6.07, 6.45) is 1.75. The summed E-state index contributed by atoms with van der Waals surface area (Å²) in [6.45, 7) is 7.45. The number of carbonyl (C=O) groups is 1. The Kier molecular flexibility index (Phi) is 3.73. The summed E-state index contributed by atoms with van der Waals surface area (Å²) in [5, 5.41) is 7.93. The van der Waals surface area contributed by atoms with Gasteiger partial charge in [-0.05, 0) is 6.92 Å². The molecule has 0 amide bonds. The van der Waals surface area contributed by atoms with Gasteiger partial charge in [-0.15, -0.1) is 10.2 Å². The Balaban J connectivity index is 1.87. The van der Waals surface area contributed by atoms with Crippen molar-refractivity contribution >= 4 is 5.97 Å². The van der Waals surface area contributed by atoms with Crippen molar-refractivity contribution in [1.29, 1.82) is 0 Å². The van der Waals surface area contributed by atoms with Gasteiger partial charge in [0.05, 0.1) is 19.1 Å². The molecule has 0 spiro atoms. The topological polar surface area (TPSA) is 60.2 Å². The molecular formula is C11H18N4O2. The van der Waals surface area contributed by atoms with Crippen LogP contribution in [0.5, 0.6) is 0 Å². The van der Waals surface area contributed by atoms with Crippen LogP contribution in [0.15, 0.2) is 6.33 Å². The minimum absolute atomic E-state index is 0.0931. The van der Waals surface area contributed by atoms with Crippen molar-refractivity contribution in [3.05, 3.63) is 12.2 Å². The van der Waals surface area contributed by atoms with Crippen molar-refractivity contribution in [2.45, 2.75) is 26.9 Å². The van der Waals surface area contributed by atoms with Crippen LogP contribution < -0.4 is 0 Å². The summed E-state index contributed by atoms with van der Waals surface area (Å²) in [6, 6.07) is 0. The lowest BCUT2D eigenvalue weighted by Crippen LogP contribution is -2.38. The van der Waals surface area contributed by atoms with Crippen LogP contribution in [0.2, 0.25) is 0 Å². The van der Waals surface area contributed by atoms with E-state index in [0.29, 0.717) is 13.2 Å². The molecule has 6 nitrogen and oxygen atoms in total. The van der Waals surface area contributed by atoms with Crippen LogP contribution in [0.4, 0.5) is 0 Å². The third-order valence-electron chi connectivity index (χ3n) is 2.94. The normalized spacial score (nSPS) is 17.5. The number of rotatable bonds is 4. The van der Waals surface area contributed by atoms with Crippen molar-refractivity contribution in [3.8, 4) is 0 Å². The molecule has 0 radical (unpaired) electrons. The molecule has 1 aromatic rings. The minimum Gasteiger partial charge on any atom is -0.466 e. The summed E-state index contributed by atoms with van der Waals surface area (Å²) >= 11 is 0. The fourth-order valence-electron chi connectivity index (χ4n) is 2.02. The molecule has 0 aromatic carbocycles. The van der Waals surface area contributed by atoms with E-state index in [1.807, 2.05) is 18.4 Å². The van der Waals surface area contributed by atoms with Crippen LogP contribution in [-0.4, -0.2) is 45.3 Å². The number of hydrogen-bond donors (Lipinski definition) is 0. The molecule has 1 atom stereocenters. The van der Waals surface area contributed by atoms with E-state index < -0.39 is 0 Å². The molecule has 0 aliphatic carbocycles. The van der Waals surface area contributed by atoms with Crippen molar-refractivity contribution in [1.82, 2.24) is 19.7 Å². The maximum Gasteiger partial charge on any atom is 0.309 e. The van der Waals surface area contributed by atoms with Gasteiger partial charge in [0, 0.05) is 19.6 Å². The lowest BCUT2D eigenvalue weighted by molar-refractivity contribution is -0.148. The third kappa shape index (κ3) is 2.82. The van der Waals surface area contributed by atoms with E-state index in [9.17, 15) is 4.79 Å². The fraction of sp³-hybridized carbons (Fsp3) is 0.727. The highest BCUT2D eigenvalue weighted by Crippen LogP contribution is 2.11. The van der Waals surface area contributed by atoms with Crippen LogP contribution in [0, 0.1) is 5.92 Å². The second-order valence-electron chi connectivity index (χ2n) is 4.33. The zero-order chi connectivity index (χ0) is 12.3. The van der Waals surface area contributed by atoms with E-state index >= 15 is 0 Å². The largest absolute Gasteiger partial charge is 0.466 e. The SMILES string of the molecule is CCOC(=O)C(C)CN1CCn2cnnc2C1. The molecule has 0 fully saturated rings. The molecule has 0 saturated heterocycles. The van der Waals surface area contributed by atoms with Crippen LogP contribution in [0.25, 0.3) is 0 Å². The minimum atomic E-state index is -0.125. The van der Waals surface area contributed by atoms with Gasteiger partial charge in [-0.2, -0.15) is 0 Å². The van der Waals surface area contributed by atoms with E-state index in [-0.39, 0.29) is 11.9 Å². The summed E-state index contributed by atoms with van der Waals surface area (Å²) < 4.78 is 7.05. The first kappa shape index (κ1) is 12.0. The fourth-order valence-corrected chi connectivity index (χ4v) is 2.02.